The summed E-state index contributed by atoms with van der Waals surface area (Å²) in [6, 6.07) is 6.35. The molecule has 1 aromatic heterocycles. The summed E-state index contributed by atoms with van der Waals surface area (Å²) in [4.78, 5) is 27.8. The van der Waals surface area contributed by atoms with Gasteiger partial charge >= 0.3 is 0 Å². The van der Waals surface area contributed by atoms with Crippen molar-refractivity contribution in [3.8, 4) is 5.75 Å². The van der Waals surface area contributed by atoms with Crippen molar-refractivity contribution in [2.24, 2.45) is 5.92 Å². The van der Waals surface area contributed by atoms with Crippen LogP contribution in [0.3, 0.4) is 0 Å². The molecule has 1 unspecified atom stereocenters. The molecule has 2 aromatic rings. The predicted molar refractivity (Wildman–Crippen MR) is 124 cm³/mol. The van der Waals surface area contributed by atoms with E-state index in [-0.39, 0.29) is 17.4 Å². The molecule has 2 saturated heterocycles. The summed E-state index contributed by atoms with van der Waals surface area (Å²) in [5, 5.41) is 7.00. The zero-order valence-corrected chi connectivity index (χ0v) is 19.8. The number of amides is 2. The van der Waals surface area contributed by atoms with Gasteiger partial charge in [0.2, 0.25) is 5.91 Å². The number of benzene rings is 1. The van der Waals surface area contributed by atoms with Gasteiger partial charge in [-0.25, -0.2) is 0 Å². The van der Waals surface area contributed by atoms with Gasteiger partial charge < -0.3 is 19.8 Å². The Kier molecular flexibility index (Phi) is 6.21. The minimum atomic E-state index is -0.210. The summed E-state index contributed by atoms with van der Waals surface area (Å²) in [5.74, 6) is 1.73. The summed E-state index contributed by atoms with van der Waals surface area (Å²) in [6.07, 6.45) is 4.28. The number of piperidine rings is 1. The average molecular weight is 442 g/mol. The normalized spacial score (nSPS) is 23.3. The molecule has 2 N–H and O–H groups in total. The first-order valence-corrected chi connectivity index (χ1v) is 11.6. The van der Waals surface area contributed by atoms with Gasteiger partial charge in [-0.3, -0.25) is 14.5 Å². The smallest absolute Gasteiger partial charge is 0.255 e. The molecule has 32 heavy (non-hydrogen) atoms. The average Bonchev–Trinajstić information content (AvgIpc) is 3.14. The highest BCUT2D eigenvalue weighted by molar-refractivity contribution is 6.07. The second kappa shape index (κ2) is 8.77. The van der Waals surface area contributed by atoms with Crippen LogP contribution in [-0.4, -0.2) is 54.5 Å². The number of hydrogen-bond donors (Lipinski definition) is 2. The summed E-state index contributed by atoms with van der Waals surface area (Å²) in [5.41, 5.74) is 1.06. The van der Waals surface area contributed by atoms with Crippen LogP contribution in [0.2, 0.25) is 0 Å². The van der Waals surface area contributed by atoms with Gasteiger partial charge in [-0.05, 0) is 77.5 Å². The van der Waals surface area contributed by atoms with Gasteiger partial charge in [-0.15, -0.1) is 0 Å². The third-order valence-electron chi connectivity index (χ3n) is 6.67. The van der Waals surface area contributed by atoms with Gasteiger partial charge in [-0.1, -0.05) is 0 Å². The zero-order valence-electron chi connectivity index (χ0n) is 19.8. The lowest BCUT2D eigenvalue weighted by molar-refractivity contribution is -0.125. The quantitative estimate of drug-likeness (QED) is 0.715. The molecule has 3 atom stereocenters. The maximum Gasteiger partial charge on any atom is 0.255 e. The van der Waals surface area contributed by atoms with Gasteiger partial charge in [0.05, 0.1) is 19.2 Å². The highest BCUT2D eigenvalue weighted by Gasteiger charge is 2.41. The molecule has 2 bridgehead atoms. The predicted octanol–water partition coefficient (Wildman–Crippen LogP) is 3.64. The first-order chi connectivity index (χ1) is 15.1. The standard InChI is InChI=1S/C25H35N3O4/c1-15-23(20-12-19(31-5)8-9-21(20)32-15)24(30)26-13-16-10-17-6-7-18(11-16)28(17)14-22(29)27-25(2,3)4/h8-9,12,16-18H,6-7,10-11,13-14H2,1-5H3,(H,26,30)(H,27,29)/t16?,17-,18+. The molecular weight excluding hydrogens is 406 g/mol. The van der Waals surface area contributed by atoms with Crippen LogP contribution in [0, 0.1) is 12.8 Å². The van der Waals surface area contributed by atoms with Gasteiger partial charge in [0, 0.05) is 29.6 Å². The van der Waals surface area contributed by atoms with Crippen molar-refractivity contribution >= 4 is 22.8 Å². The van der Waals surface area contributed by atoms with Gasteiger partial charge in [0.1, 0.15) is 17.1 Å². The maximum absolute atomic E-state index is 13.0. The number of furan rings is 1. The number of fused-ring (bicyclic) bond motifs is 3. The lowest BCUT2D eigenvalue weighted by atomic mass is 9.90. The topological polar surface area (TPSA) is 83.8 Å². The Morgan fingerprint density at radius 2 is 1.88 bits per heavy atom. The summed E-state index contributed by atoms with van der Waals surface area (Å²) < 4.78 is 11.1. The Morgan fingerprint density at radius 3 is 2.50 bits per heavy atom. The summed E-state index contributed by atoms with van der Waals surface area (Å²) in [7, 11) is 1.61. The molecular formula is C25H35N3O4. The largest absolute Gasteiger partial charge is 0.497 e. The van der Waals surface area contributed by atoms with E-state index >= 15 is 0 Å². The van der Waals surface area contributed by atoms with Crippen LogP contribution in [0.4, 0.5) is 0 Å². The Labute approximate surface area is 189 Å². The number of carbonyl (C=O) groups excluding carboxylic acids is 2. The van der Waals surface area contributed by atoms with Crippen molar-refractivity contribution in [1.29, 1.82) is 0 Å². The molecule has 1 aromatic carbocycles. The first kappa shape index (κ1) is 22.6. The van der Waals surface area contributed by atoms with Crippen LogP contribution in [0.15, 0.2) is 22.6 Å². The minimum Gasteiger partial charge on any atom is -0.497 e. The molecule has 0 radical (unpaired) electrons. The van der Waals surface area contributed by atoms with Crippen LogP contribution in [0.1, 0.15) is 62.6 Å². The number of methoxy groups -OCH3 is 1. The molecule has 7 heteroatoms. The maximum atomic E-state index is 13.0. The molecule has 2 aliphatic rings. The third kappa shape index (κ3) is 4.77. The summed E-state index contributed by atoms with van der Waals surface area (Å²) in [6.45, 7) is 8.96. The van der Waals surface area contributed by atoms with E-state index in [1.54, 1.807) is 7.11 Å². The molecule has 0 saturated carbocycles. The van der Waals surface area contributed by atoms with Crippen LogP contribution < -0.4 is 15.4 Å². The number of nitrogens with one attached hydrogen (secondary N) is 2. The fourth-order valence-electron chi connectivity index (χ4n) is 5.37. The van der Waals surface area contributed by atoms with E-state index in [4.69, 9.17) is 9.15 Å². The van der Waals surface area contributed by atoms with Crippen molar-refractivity contribution in [3.63, 3.8) is 0 Å². The van der Waals surface area contributed by atoms with Crippen molar-refractivity contribution in [2.75, 3.05) is 20.2 Å². The fourth-order valence-corrected chi connectivity index (χ4v) is 5.37. The number of carbonyl (C=O) groups is 2. The first-order valence-electron chi connectivity index (χ1n) is 11.6. The lowest BCUT2D eigenvalue weighted by Gasteiger charge is -2.39. The van der Waals surface area contributed by atoms with Crippen molar-refractivity contribution in [3.05, 3.63) is 29.5 Å². The number of hydrogen-bond acceptors (Lipinski definition) is 5. The number of ether oxygens (including phenoxy) is 1. The molecule has 7 nitrogen and oxygen atoms in total. The second-order valence-electron chi connectivity index (χ2n) is 10.3. The lowest BCUT2D eigenvalue weighted by Crippen LogP contribution is -2.52. The van der Waals surface area contributed by atoms with Crippen LogP contribution in [-0.2, 0) is 4.79 Å². The Balaban J connectivity index is 1.36. The fraction of sp³-hybridized carbons (Fsp3) is 0.600. The minimum absolute atomic E-state index is 0.0962. The van der Waals surface area contributed by atoms with Crippen LogP contribution in [0.25, 0.3) is 11.0 Å². The van der Waals surface area contributed by atoms with Gasteiger partial charge in [-0.2, -0.15) is 0 Å². The van der Waals surface area contributed by atoms with Crippen LogP contribution in [0.5, 0.6) is 5.75 Å². The SMILES string of the molecule is COc1ccc2oc(C)c(C(=O)NCC3C[C@H]4CC[C@@H](C3)N4CC(=O)NC(C)(C)C)c2c1. The number of nitrogens with zero attached hydrogens (tertiary/aromatic N) is 1. The number of aryl methyl sites for hydroxylation is 1. The van der Waals surface area contributed by atoms with E-state index < -0.39 is 0 Å². The molecule has 2 aliphatic heterocycles. The van der Waals surface area contributed by atoms with Crippen LogP contribution >= 0.6 is 0 Å². The molecule has 3 heterocycles. The molecule has 2 amide bonds. The van der Waals surface area contributed by atoms with Gasteiger partial charge in [0.15, 0.2) is 0 Å². The monoisotopic (exact) mass is 441 g/mol. The molecule has 0 aliphatic carbocycles. The van der Waals surface area contributed by atoms with E-state index in [1.807, 2.05) is 45.9 Å². The Bertz CT molecular complexity index is 993. The van der Waals surface area contributed by atoms with E-state index in [0.717, 1.165) is 31.1 Å². The molecule has 174 valence electrons. The summed E-state index contributed by atoms with van der Waals surface area (Å²) >= 11 is 0. The van der Waals surface area contributed by atoms with Crippen molar-refractivity contribution in [1.82, 2.24) is 15.5 Å². The highest BCUT2D eigenvalue weighted by Crippen LogP contribution is 2.38. The van der Waals surface area contributed by atoms with E-state index in [0.29, 0.717) is 53.7 Å². The number of rotatable bonds is 6. The molecule has 4 rings (SSSR count). The third-order valence-corrected chi connectivity index (χ3v) is 6.67. The Hall–Kier alpha value is -2.54. The second-order valence-corrected chi connectivity index (χ2v) is 10.3. The van der Waals surface area contributed by atoms with E-state index in [1.165, 1.54) is 0 Å². The Morgan fingerprint density at radius 1 is 1.19 bits per heavy atom. The zero-order chi connectivity index (χ0) is 23.0. The van der Waals surface area contributed by atoms with E-state index in [9.17, 15) is 9.59 Å². The molecule has 0 spiro atoms. The molecule has 2 fully saturated rings. The van der Waals surface area contributed by atoms with E-state index in [2.05, 4.69) is 15.5 Å². The van der Waals surface area contributed by atoms with Gasteiger partial charge in [0.25, 0.3) is 5.91 Å². The van der Waals surface area contributed by atoms with Crippen molar-refractivity contribution in [2.45, 2.75) is 71.0 Å². The highest BCUT2D eigenvalue weighted by atomic mass is 16.5. The van der Waals surface area contributed by atoms with Crippen molar-refractivity contribution < 1.29 is 18.7 Å².